The Labute approximate surface area is 189 Å². The minimum absolute atomic E-state index is 0.660. The van der Waals surface area contributed by atoms with Crippen molar-refractivity contribution in [3.05, 3.63) is 31.6 Å². The molecule has 0 N–H and O–H groups in total. The number of hydrogen-bond acceptors (Lipinski definition) is 4. The van der Waals surface area contributed by atoms with Crippen LogP contribution in [0.3, 0.4) is 0 Å². The van der Waals surface area contributed by atoms with Crippen LogP contribution in [0.1, 0.15) is 110 Å². The Hall–Kier alpha value is 0.1000. The quantitative estimate of drug-likeness (QED) is 0.371. The minimum atomic E-state index is 0.660. The number of hydrogen-bond donors (Lipinski definition) is 0. The maximum atomic E-state index is 2.44. The molecular formula is C24H36S4. The van der Waals surface area contributed by atoms with Gasteiger partial charge in [0.15, 0.2) is 0 Å². The highest BCUT2D eigenvalue weighted by atomic mass is 32.2. The van der Waals surface area contributed by atoms with E-state index in [1.807, 2.05) is 0 Å². The molecule has 0 bridgehead atoms. The van der Waals surface area contributed by atoms with Gasteiger partial charge in [-0.2, -0.15) is 0 Å². The summed E-state index contributed by atoms with van der Waals surface area (Å²) in [5.74, 6) is 5.24. The van der Waals surface area contributed by atoms with Crippen LogP contribution in [0.2, 0.25) is 0 Å². The molecule has 0 saturated heterocycles. The largest absolute Gasteiger partial charge is 0.145 e. The van der Waals surface area contributed by atoms with Gasteiger partial charge in [-0.3, -0.25) is 0 Å². The summed E-state index contributed by atoms with van der Waals surface area (Å²) in [6.45, 7) is 14.2. The number of thioether (sulfide) groups is 2. The third kappa shape index (κ3) is 4.55. The van der Waals surface area contributed by atoms with Gasteiger partial charge >= 0.3 is 0 Å². The smallest absolute Gasteiger partial charge is 0.0354 e. The molecule has 4 atom stereocenters. The van der Waals surface area contributed by atoms with Crippen LogP contribution < -0.4 is 0 Å². The van der Waals surface area contributed by atoms with E-state index >= 15 is 0 Å². The van der Waals surface area contributed by atoms with Crippen molar-refractivity contribution >= 4 is 46.2 Å². The summed E-state index contributed by atoms with van der Waals surface area (Å²) in [4.78, 5) is 9.86. The molecule has 0 spiro atoms. The third-order valence-electron chi connectivity index (χ3n) is 6.32. The van der Waals surface area contributed by atoms with Gasteiger partial charge in [0.05, 0.1) is 0 Å². The molecule has 0 aromatic carbocycles. The lowest BCUT2D eigenvalue weighted by atomic mass is 9.85. The molecule has 0 aliphatic carbocycles. The molecule has 1 aliphatic heterocycles. The third-order valence-corrected chi connectivity index (χ3v) is 12.2. The van der Waals surface area contributed by atoms with Crippen LogP contribution in [-0.2, 0) is 0 Å². The predicted octanol–water partition coefficient (Wildman–Crippen LogP) is 9.72. The number of fused-ring (bicyclic) bond motifs is 1. The zero-order chi connectivity index (χ0) is 20.3. The number of rotatable bonds is 9. The van der Waals surface area contributed by atoms with E-state index in [4.69, 9.17) is 0 Å². The van der Waals surface area contributed by atoms with Crippen LogP contribution in [-0.4, -0.2) is 11.5 Å². The second-order valence-corrected chi connectivity index (χ2v) is 12.5. The van der Waals surface area contributed by atoms with Crippen molar-refractivity contribution in [3.8, 4) is 0 Å². The van der Waals surface area contributed by atoms with Gasteiger partial charge < -0.3 is 0 Å². The van der Waals surface area contributed by atoms with E-state index in [9.17, 15) is 0 Å². The Balaban J connectivity index is 1.99. The molecule has 3 heterocycles. The highest BCUT2D eigenvalue weighted by Gasteiger charge is 2.32. The van der Waals surface area contributed by atoms with Gasteiger partial charge in [-0.05, 0) is 49.7 Å². The summed E-state index contributed by atoms with van der Waals surface area (Å²) in [5, 5.41) is 0. The van der Waals surface area contributed by atoms with Crippen LogP contribution in [0.5, 0.6) is 0 Å². The van der Waals surface area contributed by atoms with E-state index in [1.165, 1.54) is 37.2 Å². The van der Waals surface area contributed by atoms with E-state index in [1.54, 1.807) is 29.3 Å². The van der Waals surface area contributed by atoms with Crippen molar-refractivity contribution in [2.75, 3.05) is 11.5 Å². The molecule has 0 nitrogen and oxygen atoms in total. The first kappa shape index (κ1) is 22.8. The van der Waals surface area contributed by atoms with Crippen LogP contribution >= 0.6 is 46.2 Å². The zero-order valence-electron chi connectivity index (χ0n) is 18.3. The molecule has 2 aromatic rings. The van der Waals surface area contributed by atoms with Gasteiger partial charge in [0, 0.05) is 52.6 Å². The average molecular weight is 453 g/mol. The zero-order valence-corrected chi connectivity index (χ0v) is 21.6. The lowest BCUT2D eigenvalue weighted by molar-refractivity contribution is 0.517. The van der Waals surface area contributed by atoms with E-state index < -0.39 is 0 Å². The van der Waals surface area contributed by atoms with Crippen molar-refractivity contribution in [3.63, 3.8) is 0 Å². The molecule has 0 amide bonds. The van der Waals surface area contributed by atoms with Crippen molar-refractivity contribution in [1.29, 1.82) is 0 Å². The summed E-state index contributed by atoms with van der Waals surface area (Å²) >= 11 is 8.51. The lowest BCUT2D eigenvalue weighted by Gasteiger charge is -2.25. The van der Waals surface area contributed by atoms with Gasteiger partial charge in [0.25, 0.3) is 0 Å². The summed E-state index contributed by atoms with van der Waals surface area (Å²) in [5.41, 5.74) is 0. The van der Waals surface area contributed by atoms with Crippen LogP contribution in [0.4, 0.5) is 0 Å². The molecule has 4 heteroatoms. The van der Waals surface area contributed by atoms with Crippen molar-refractivity contribution < 1.29 is 0 Å². The van der Waals surface area contributed by atoms with Gasteiger partial charge in [0.1, 0.15) is 0 Å². The topological polar surface area (TPSA) is 0 Å². The van der Waals surface area contributed by atoms with Gasteiger partial charge in [-0.15, -0.1) is 46.2 Å². The van der Waals surface area contributed by atoms with Crippen LogP contribution in [0, 0.1) is 0 Å². The van der Waals surface area contributed by atoms with Crippen molar-refractivity contribution in [1.82, 2.24) is 0 Å². The normalized spacial score (nSPS) is 18.5. The fourth-order valence-electron chi connectivity index (χ4n) is 4.12. The summed E-state index contributed by atoms with van der Waals surface area (Å²) in [6, 6.07) is 4.85. The molecule has 2 aromatic heterocycles. The standard InChI is InChI=1S/C24H36S4/c1-7-15(5)19-11-12-20(27-19)17(9-3)18(10-4)22-24-23(25-13-14-26-24)21(28-22)16(6)8-2/h11-12,15-18H,7-10,13-14H2,1-6H3. The Morgan fingerprint density at radius 1 is 0.679 bits per heavy atom. The fourth-order valence-corrected chi connectivity index (χ4v) is 10.3. The first-order valence-electron chi connectivity index (χ1n) is 11.1. The van der Waals surface area contributed by atoms with E-state index in [0.29, 0.717) is 23.7 Å². The second-order valence-electron chi connectivity index (χ2n) is 8.07. The van der Waals surface area contributed by atoms with Gasteiger partial charge in [-0.1, -0.05) is 41.5 Å². The summed E-state index contributed by atoms with van der Waals surface area (Å²) in [7, 11) is 0. The predicted molar refractivity (Wildman–Crippen MR) is 134 cm³/mol. The van der Waals surface area contributed by atoms with E-state index in [-0.39, 0.29) is 0 Å². The first-order valence-corrected chi connectivity index (χ1v) is 14.7. The maximum Gasteiger partial charge on any atom is 0.0354 e. The molecule has 1 aliphatic rings. The molecule has 0 fully saturated rings. The highest BCUT2D eigenvalue weighted by Crippen LogP contribution is 2.54. The fraction of sp³-hybridized carbons (Fsp3) is 0.667. The Kier molecular flexibility index (Phi) is 8.47. The van der Waals surface area contributed by atoms with Gasteiger partial charge in [0.2, 0.25) is 0 Å². The van der Waals surface area contributed by atoms with E-state index in [0.717, 1.165) is 0 Å². The lowest BCUT2D eigenvalue weighted by Crippen LogP contribution is -2.09. The van der Waals surface area contributed by atoms with Crippen LogP contribution in [0.15, 0.2) is 21.9 Å². The summed E-state index contributed by atoms with van der Waals surface area (Å²) in [6.07, 6.45) is 4.96. The molecule has 28 heavy (non-hydrogen) atoms. The summed E-state index contributed by atoms with van der Waals surface area (Å²) < 4.78 is 0. The molecule has 0 radical (unpaired) electrons. The second kappa shape index (κ2) is 10.4. The first-order chi connectivity index (χ1) is 13.5. The Morgan fingerprint density at radius 3 is 1.82 bits per heavy atom. The molecule has 3 rings (SSSR count). The Morgan fingerprint density at radius 2 is 1.25 bits per heavy atom. The minimum Gasteiger partial charge on any atom is -0.145 e. The molecule has 4 unspecified atom stereocenters. The molecule has 0 saturated carbocycles. The van der Waals surface area contributed by atoms with Crippen LogP contribution in [0.25, 0.3) is 0 Å². The van der Waals surface area contributed by atoms with Crippen molar-refractivity contribution in [2.24, 2.45) is 0 Å². The van der Waals surface area contributed by atoms with E-state index in [2.05, 4.69) is 99.9 Å². The Bertz CT molecular complexity index is 757. The highest BCUT2D eigenvalue weighted by molar-refractivity contribution is 8.06. The average Bonchev–Trinajstić information content (AvgIpc) is 3.36. The molecule has 156 valence electrons. The van der Waals surface area contributed by atoms with Gasteiger partial charge in [-0.25, -0.2) is 0 Å². The molecular weight excluding hydrogens is 417 g/mol. The number of thiophene rings is 2. The maximum absolute atomic E-state index is 2.44. The SMILES string of the molecule is CCC(C)c1ccc(C(CC)C(CC)c2sc(C(C)CC)c3c2SCCS3)s1. The van der Waals surface area contributed by atoms with Crippen molar-refractivity contribution in [2.45, 2.75) is 101 Å². The monoisotopic (exact) mass is 452 g/mol.